The Labute approximate surface area is 222 Å². The van der Waals surface area contributed by atoms with Gasteiger partial charge in [0.05, 0.1) is 39.6 Å². The number of Topliss-reactive ketones (excluding diaryl/α,β-unsaturated/α-hetero) is 1. The number of aromatic nitrogens is 1. The molecule has 0 spiro atoms. The first-order valence-electron chi connectivity index (χ1n) is 11.6. The number of ketones is 1. The van der Waals surface area contributed by atoms with Crippen LogP contribution in [0.5, 0.6) is 0 Å². The Morgan fingerprint density at radius 2 is 1.69 bits per heavy atom. The van der Waals surface area contributed by atoms with Crippen LogP contribution in [0.25, 0.3) is 0 Å². The summed E-state index contributed by atoms with van der Waals surface area (Å²) in [4.78, 5) is 40.3. The fraction of sp³-hybridized carbons (Fsp3) is 0.269. The second-order valence-electron chi connectivity index (χ2n) is 8.43. The highest BCUT2D eigenvalue weighted by Crippen LogP contribution is 2.31. The second kappa shape index (κ2) is 11.3. The molecular weight excluding hydrogens is 541 g/mol. The molecule has 1 atom stereocenters. The van der Waals surface area contributed by atoms with E-state index in [4.69, 9.17) is 9.47 Å². The number of nitrogens with one attached hydrogen (secondary N) is 2. The predicted octanol–water partition coefficient (Wildman–Crippen LogP) is 5.06. The lowest BCUT2D eigenvalue weighted by Crippen LogP contribution is -2.26. The zero-order chi connectivity index (χ0) is 29.1. The van der Waals surface area contributed by atoms with Crippen molar-refractivity contribution in [3.05, 3.63) is 82.2 Å². The van der Waals surface area contributed by atoms with Gasteiger partial charge in [0.2, 0.25) is 5.78 Å². The van der Waals surface area contributed by atoms with Crippen molar-refractivity contribution in [2.75, 3.05) is 11.3 Å². The molecule has 0 amide bonds. The molecule has 39 heavy (non-hydrogen) atoms. The third kappa shape index (κ3) is 6.48. The van der Waals surface area contributed by atoms with Crippen molar-refractivity contribution in [2.45, 2.75) is 44.9 Å². The zero-order valence-electron chi connectivity index (χ0n) is 21.3. The van der Waals surface area contributed by atoms with Crippen LogP contribution in [-0.4, -0.2) is 43.8 Å². The van der Waals surface area contributed by atoms with Crippen LogP contribution in [0.1, 0.15) is 61.9 Å². The molecule has 0 bridgehead atoms. The number of esters is 2. The third-order valence-corrected chi connectivity index (χ3v) is 7.04. The molecular formula is C26H25F3N2O7S. The minimum Gasteiger partial charge on any atom is -0.462 e. The van der Waals surface area contributed by atoms with Gasteiger partial charge in [-0.25, -0.2) is 18.0 Å². The first-order valence-corrected chi connectivity index (χ1v) is 13.1. The Morgan fingerprint density at radius 1 is 1.03 bits per heavy atom. The van der Waals surface area contributed by atoms with Crippen molar-refractivity contribution in [1.29, 1.82) is 0 Å². The molecule has 1 aromatic heterocycles. The summed E-state index contributed by atoms with van der Waals surface area (Å²) in [6.07, 6.45) is -6.11. The van der Waals surface area contributed by atoms with E-state index in [9.17, 15) is 36.0 Å². The van der Waals surface area contributed by atoms with Gasteiger partial charge in [0, 0.05) is 5.69 Å². The highest BCUT2D eigenvalue weighted by Gasteiger charge is 2.32. The van der Waals surface area contributed by atoms with E-state index in [2.05, 4.69) is 9.71 Å². The number of ether oxygens (including phenoxy) is 2. The summed E-state index contributed by atoms with van der Waals surface area (Å²) < 4.78 is 77.2. The summed E-state index contributed by atoms with van der Waals surface area (Å²) in [5, 5.41) is 0. The number of hydrogen-bond donors (Lipinski definition) is 2. The average Bonchev–Trinajstić information content (AvgIpc) is 3.16. The number of para-hydroxylation sites is 1. The van der Waals surface area contributed by atoms with Crippen LogP contribution in [0.4, 0.5) is 18.9 Å². The summed E-state index contributed by atoms with van der Waals surface area (Å²) in [5.41, 5.74) is -0.778. The van der Waals surface area contributed by atoms with E-state index in [0.29, 0.717) is 17.3 Å². The number of anilines is 1. The molecule has 0 fully saturated rings. The Morgan fingerprint density at radius 3 is 2.33 bits per heavy atom. The van der Waals surface area contributed by atoms with Crippen LogP contribution in [0, 0.1) is 13.8 Å². The third-order valence-electron chi connectivity index (χ3n) is 5.68. The Hall–Kier alpha value is -4.13. The molecule has 2 aromatic carbocycles. The van der Waals surface area contributed by atoms with Gasteiger partial charge >= 0.3 is 18.1 Å². The fourth-order valence-corrected chi connectivity index (χ4v) is 4.91. The molecule has 0 saturated carbocycles. The van der Waals surface area contributed by atoms with Crippen LogP contribution < -0.4 is 4.72 Å². The molecule has 0 aliphatic carbocycles. The highest BCUT2D eigenvalue weighted by molar-refractivity contribution is 7.92. The Bertz CT molecular complexity index is 1530. The van der Waals surface area contributed by atoms with E-state index in [1.54, 1.807) is 13.8 Å². The van der Waals surface area contributed by atoms with Crippen molar-refractivity contribution in [2.24, 2.45) is 0 Å². The van der Waals surface area contributed by atoms with Gasteiger partial charge in [-0.1, -0.05) is 18.2 Å². The van der Waals surface area contributed by atoms with Crippen molar-refractivity contribution < 1.29 is 45.4 Å². The molecule has 9 nitrogen and oxygen atoms in total. The topological polar surface area (TPSA) is 132 Å². The predicted molar refractivity (Wildman–Crippen MR) is 134 cm³/mol. The maximum Gasteiger partial charge on any atom is 0.416 e. The first kappa shape index (κ1) is 29.4. The van der Waals surface area contributed by atoms with Gasteiger partial charge in [-0.15, -0.1) is 0 Å². The van der Waals surface area contributed by atoms with Crippen LogP contribution in [0.15, 0.2) is 53.4 Å². The summed E-state index contributed by atoms with van der Waals surface area (Å²) >= 11 is 0. The standard InChI is InChI=1S/C26H25F3N2O7S/c1-5-37-25(34)21-14(2)22(30-15(21)3)23(32)16(4)38-24(33)19-11-6-7-12-20(19)31-39(35,36)18-10-8-9-17(13-18)26(27,28)29/h6-13,16,30-31H,5H2,1-4H3/t16-/m0/s1. The van der Waals surface area contributed by atoms with Crippen LogP contribution in [0.3, 0.4) is 0 Å². The van der Waals surface area contributed by atoms with Gasteiger partial charge in [-0.05, 0) is 63.6 Å². The monoisotopic (exact) mass is 566 g/mol. The zero-order valence-corrected chi connectivity index (χ0v) is 22.1. The van der Waals surface area contributed by atoms with E-state index in [1.807, 2.05) is 0 Å². The highest BCUT2D eigenvalue weighted by atomic mass is 32.2. The van der Waals surface area contributed by atoms with Crippen molar-refractivity contribution in [1.82, 2.24) is 4.98 Å². The van der Waals surface area contributed by atoms with E-state index in [0.717, 1.165) is 18.2 Å². The fourth-order valence-electron chi connectivity index (χ4n) is 3.78. The normalized spacial score (nSPS) is 12.5. The molecule has 3 rings (SSSR count). The smallest absolute Gasteiger partial charge is 0.416 e. The van der Waals surface area contributed by atoms with Crippen molar-refractivity contribution >= 4 is 33.4 Å². The van der Waals surface area contributed by atoms with E-state index in [1.165, 1.54) is 38.1 Å². The van der Waals surface area contributed by atoms with Gasteiger partial charge in [0.25, 0.3) is 10.0 Å². The van der Waals surface area contributed by atoms with Crippen molar-refractivity contribution in [3.8, 4) is 0 Å². The SMILES string of the molecule is CCOC(=O)c1c(C)[nH]c(C(=O)[C@H](C)OC(=O)c2ccccc2NS(=O)(=O)c2cccc(C(F)(F)F)c2)c1C. The number of halogens is 3. The molecule has 13 heteroatoms. The van der Waals surface area contributed by atoms with Gasteiger partial charge < -0.3 is 14.5 Å². The van der Waals surface area contributed by atoms with E-state index in [-0.39, 0.29) is 29.1 Å². The molecule has 1 heterocycles. The van der Waals surface area contributed by atoms with Gasteiger partial charge in [-0.3, -0.25) is 9.52 Å². The van der Waals surface area contributed by atoms with E-state index < -0.39 is 50.5 Å². The number of aromatic amines is 1. The number of hydrogen-bond acceptors (Lipinski definition) is 7. The molecule has 2 N–H and O–H groups in total. The quantitative estimate of drug-likeness (QED) is 0.274. The number of sulfonamides is 1. The maximum absolute atomic E-state index is 13.1. The minimum absolute atomic E-state index is 0.0365. The Kier molecular flexibility index (Phi) is 8.54. The minimum atomic E-state index is -4.76. The number of H-pyrrole nitrogens is 1. The number of carbonyl (C=O) groups is 3. The largest absolute Gasteiger partial charge is 0.462 e. The summed E-state index contributed by atoms with van der Waals surface area (Å²) in [6, 6.07) is 8.38. The van der Waals surface area contributed by atoms with Crippen LogP contribution in [0.2, 0.25) is 0 Å². The Balaban J connectivity index is 1.83. The number of carbonyl (C=O) groups excluding carboxylic acids is 3. The van der Waals surface area contributed by atoms with Crippen LogP contribution in [-0.2, 0) is 25.7 Å². The maximum atomic E-state index is 13.1. The summed E-state index contributed by atoms with van der Waals surface area (Å²) in [7, 11) is -4.53. The molecule has 0 radical (unpaired) electrons. The van der Waals surface area contributed by atoms with Gasteiger partial charge in [0.15, 0.2) is 6.10 Å². The molecule has 0 aliphatic heterocycles. The number of alkyl halides is 3. The lowest BCUT2D eigenvalue weighted by molar-refractivity contribution is -0.137. The second-order valence-corrected chi connectivity index (χ2v) is 10.1. The molecule has 0 aliphatic rings. The molecule has 208 valence electrons. The van der Waals surface area contributed by atoms with Gasteiger partial charge in [-0.2, -0.15) is 13.2 Å². The molecule has 0 saturated heterocycles. The van der Waals surface area contributed by atoms with Crippen molar-refractivity contribution in [3.63, 3.8) is 0 Å². The average molecular weight is 567 g/mol. The van der Waals surface area contributed by atoms with Gasteiger partial charge in [0.1, 0.15) is 0 Å². The summed E-state index contributed by atoms with van der Waals surface area (Å²) in [5.74, 6) is -2.33. The first-order chi connectivity index (χ1) is 18.2. The number of rotatable bonds is 9. The lowest BCUT2D eigenvalue weighted by atomic mass is 10.1. The lowest BCUT2D eigenvalue weighted by Gasteiger charge is -2.16. The molecule has 0 unspecified atom stereocenters. The summed E-state index contributed by atoms with van der Waals surface area (Å²) in [6.45, 7) is 6.20. The van der Waals surface area contributed by atoms with Crippen LogP contribution >= 0.6 is 0 Å². The number of aryl methyl sites for hydroxylation is 1. The number of benzene rings is 2. The molecule has 3 aromatic rings. The van der Waals surface area contributed by atoms with E-state index >= 15 is 0 Å².